The molecule has 0 saturated carbocycles. The van der Waals surface area contributed by atoms with Gasteiger partial charge in [-0.15, -0.1) is 0 Å². The van der Waals surface area contributed by atoms with Crippen LogP contribution in [-0.2, 0) is 6.54 Å². The molecule has 1 aromatic rings. The van der Waals surface area contributed by atoms with Crippen LogP contribution in [0.4, 0.5) is 5.82 Å². The standard InChI is InChI=1S/C18H36N4Si2/c1-8-20-11-13-21(14-12-20)18-10-9-17(15-19-18)16-22(23(2,3)4)24(5,6)7/h9-10,15H,8,11-14,16H2,1-7H3. The normalized spacial score (nSPS) is 17.6. The summed E-state index contributed by atoms with van der Waals surface area (Å²) in [5, 5.41) is 0. The Bertz CT molecular complexity index is 497. The number of anilines is 1. The van der Waals surface area contributed by atoms with Crippen molar-refractivity contribution in [2.75, 3.05) is 37.6 Å². The molecule has 2 heterocycles. The third kappa shape index (κ3) is 5.15. The number of nitrogens with zero attached hydrogens (tertiary/aromatic N) is 4. The van der Waals surface area contributed by atoms with Gasteiger partial charge in [0.25, 0.3) is 0 Å². The van der Waals surface area contributed by atoms with Gasteiger partial charge in [0, 0.05) is 38.9 Å². The fourth-order valence-electron chi connectivity index (χ4n) is 3.65. The molecular weight excluding hydrogens is 328 g/mol. The van der Waals surface area contributed by atoms with E-state index in [0.717, 1.165) is 45.1 Å². The third-order valence-electron chi connectivity index (χ3n) is 4.91. The first-order valence-corrected chi connectivity index (χ1v) is 16.2. The largest absolute Gasteiger partial charge is 0.354 e. The fourth-order valence-corrected chi connectivity index (χ4v) is 13.0. The highest BCUT2D eigenvalue weighted by atomic mass is 28.4. The highest BCUT2D eigenvalue weighted by Crippen LogP contribution is 2.23. The molecule has 0 aliphatic carbocycles. The van der Waals surface area contributed by atoms with Crippen molar-refractivity contribution in [2.45, 2.75) is 52.8 Å². The topological polar surface area (TPSA) is 22.6 Å². The summed E-state index contributed by atoms with van der Waals surface area (Å²) in [7, 11) is -2.62. The van der Waals surface area contributed by atoms with Crippen LogP contribution in [0.15, 0.2) is 18.3 Å². The van der Waals surface area contributed by atoms with Crippen LogP contribution >= 0.6 is 0 Å². The molecule has 0 aromatic carbocycles. The van der Waals surface area contributed by atoms with E-state index in [1.54, 1.807) is 0 Å². The predicted molar refractivity (Wildman–Crippen MR) is 111 cm³/mol. The Hall–Kier alpha value is -0.696. The van der Waals surface area contributed by atoms with Crippen LogP contribution in [0.3, 0.4) is 0 Å². The summed E-state index contributed by atoms with van der Waals surface area (Å²) in [4.78, 5) is 9.71. The number of hydrogen-bond acceptors (Lipinski definition) is 4. The van der Waals surface area contributed by atoms with E-state index in [1.165, 1.54) is 5.56 Å². The smallest absolute Gasteiger partial charge is 0.128 e. The van der Waals surface area contributed by atoms with Gasteiger partial charge in [-0.1, -0.05) is 52.3 Å². The number of likely N-dealkylation sites (N-methyl/N-ethyl adjacent to an activating group) is 1. The third-order valence-corrected chi connectivity index (χ3v) is 12.5. The van der Waals surface area contributed by atoms with E-state index in [0.29, 0.717) is 0 Å². The molecule has 0 N–H and O–H groups in total. The number of piperazine rings is 1. The molecule has 0 bridgehead atoms. The molecule has 24 heavy (non-hydrogen) atoms. The molecule has 0 amide bonds. The summed E-state index contributed by atoms with van der Waals surface area (Å²) in [5.41, 5.74) is 1.36. The zero-order chi connectivity index (χ0) is 18.0. The van der Waals surface area contributed by atoms with Crippen molar-refractivity contribution < 1.29 is 0 Å². The van der Waals surface area contributed by atoms with Crippen LogP contribution < -0.4 is 4.90 Å². The van der Waals surface area contributed by atoms with Crippen molar-refractivity contribution in [3.63, 3.8) is 0 Å². The van der Waals surface area contributed by atoms with Crippen molar-refractivity contribution in [1.29, 1.82) is 0 Å². The lowest BCUT2D eigenvalue weighted by molar-refractivity contribution is 0.270. The SMILES string of the molecule is CCN1CCN(c2ccc(CN([Si](C)(C)C)[Si](C)(C)C)cn2)CC1. The van der Waals surface area contributed by atoms with Crippen LogP contribution in [0.25, 0.3) is 0 Å². The molecule has 0 spiro atoms. The van der Waals surface area contributed by atoms with Gasteiger partial charge in [-0.2, -0.15) is 0 Å². The zero-order valence-corrected chi connectivity index (χ0v) is 18.8. The van der Waals surface area contributed by atoms with Gasteiger partial charge in [0.1, 0.15) is 22.3 Å². The molecule has 0 radical (unpaired) electrons. The minimum absolute atomic E-state index is 1.06. The lowest BCUT2D eigenvalue weighted by Gasteiger charge is -2.43. The number of aromatic nitrogens is 1. The van der Waals surface area contributed by atoms with Crippen LogP contribution in [0.2, 0.25) is 39.3 Å². The fraction of sp³-hybridized carbons (Fsp3) is 0.722. The quantitative estimate of drug-likeness (QED) is 0.718. The minimum atomic E-state index is -1.31. The molecule has 4 nitrogen and oxygen atoms in total. The molecule has 6 heteroatoms. The molecule has 1 fully saturated rings. The first-order chi connectivity index (χ1) is 11.1. The first kappa shape index (κ1) is 19.6. The van der Waals surface area contributed by atoms with Crippen LogP contribution in [0.1, 0.15) is 12.5 Å². The predicted octanol–water partition coefficient (Wildman–Crippen LogP) is 3.70. The minimum Gasteiger partial charge on any atom is -0.354 e. The molecule has 2 rings (SSSR count). The lowest BCUT2D eigenvalue weighted by Crippen LogP contribution is -2.58. The van der Waals surface area contributed by atoms with Crippen LogP contribution in [0, 0.1) is 0 Å². The van der Waals surface area contributed by atoms with Crippen LogP contribution in [0.5, 0.6) is 0 Å². The van der Waals surface area contributed by atoms with E-state index in [2.05, 4.69) is 78.6 Å². The first-order valence-electron chi connectivity index (χ1n) is 9.31. The van der Waals surface area contributed by atoms with E-state index >= 15 is 0 Å². The summed E-state index contributed by atoms with van der Waals surface area (Å²) in [6.45, 7) is 23.7. The summed E-state index contributed by atoms with van der Waals surface area (Å²) in [6.07, 6.45) is 2.11. The maximum atomic E-state index is 4.78. The molecule has 0 unspecified atom stereocenters. The number of pyridine rings is 1. The summed E-state index contributed by atoms with van der Waals surface area (Å²) < 4.78 is 2.82. The highest BCUT2D eigenvalue weighted by molar-refractivity contribution is 6.89. The van der Waals surface area contributed by atoms with E-state index in [1.807, 2.05) is 0 Å². The molecule has 1 aromatic heterocycles. The Balaban J connectivity index is 2.04. The Labute approximate surface area is 151 Å². The van der Waals surface area contributed by atoms with Gasteiger partial charge < -0.3 is 14.0 Å². The monoisotopic (exact) mass is 364 g/mol. The van der Waals surface area contributed by atoms with Crippen LogP contribution in [-0.4, -0.2) is 63.3 Å². The molecule has 1 saturated heterocycles. The maximum absolute atomic E-state index is 4.78. The Kier molecular flexibility index (Phi) is 6.28. The van der Waals surface area contributed by atoms with E-state index < -0.39 is 16.5 Å². The molecule has 1 aliphatic rings. The lowest BCUT2D eigenvalue weighted by atomic mass is 10.2. The van der Waals surface area contributed by atoms with Gasteiger partial charge in [0.05, 0.1) is 0 Å². The van der Waals surface area contributed by atoms with Gasteiger partial charge in [0.15, 0.2) is 0 Å². The van der Waals surface area contributed by atoms with Gasteiger partial charge in [-0.25, -0.2) is 4.98 Å². The van der Waals surface area contributed by atoms with Crippen molar-refractivity contribution >= 4 is 22.3 Å². The highest BCUT2D eigenvalue weighted by Gasteiger charge is 2.34. The van der Waals surface area contributed by atoms with E-state index in [-0.39, 0.29) is 0 Å². The summed E-state index contributed by atoms with van der Waals surface area (Å²) in [6, 6.07) is 4.52. The number of hydrogen-bond donors (Lipinski definition) is 0. The molecule has 0 atom stereocenters. The number of rotatable bonds is 6. The second-order valence-electron chi connectivity index (χ2n) is 8.87. The summed E-state index contributed by atoms with van der Waals surface area (Å²) >= 11 is 0. The van der Waals surface area contributed by atoms with Gasteiger partial charge in [-0.05, 0) is 18.2 Å². The molecule has 136 valence electrons. The van der Waals surface area contributed by atoms with Crippen molar-refractivity contribution in [1.82, 2.24) is 14.1 Å². The Morgan fingerprint density at radius 3 is 1.96 bits per heavy atom. The van der Waals surface area contributed by atoms with E-state index in [4.69, 9.17) is 4.98 Å². The molecule has 1 aliphatic heterocycles. The average Bonchev–Trinajstić information content (AvgIpc) is 2.51. The second kappa shape index (κ2) is 7.68. The second-order valence-corrected chi connectivity index (χ2v) is 19.1. The Morgan fingerprint density at radius 1 is 0.958 bits per heavy atom. The zero-order valence-electron chi connectivity index (χ0n) is 16.8. The summed E-state index contributed by atoms with van der Waals surface area (Å²) in [5.74, 6) is 1.14. The Morgan fingerprint density at radius 2 is 1.54 bits per heavy atom. The molecular formula is C18H36N4Si2. The average molecular weight is 365 g/mol. The van der Waals surface area contributed by atoms with Crippen molar-refractivity contribution in [3.05, 3.63) is 23.9 Å². The van der Waals surface area contributed by atoms with E-state index in [9.17, 15) is 0 Å². The van der Waals surface area contributed by atoms with Gasteiger partial charge in [0.2, 0.25) is 0 Å². The van der Waals surface area contributed by atoms with Crippen molar-refractivity contribution in [2.24, 2.45) is 0 Å². The van der Waals surface area contributed by atoms with Gasteiger partial charge in [-0.3, -0.25) is 0 Å². The van der Waals surface area contributed by atoms with Gasteiger partial charge >= 0.3 is 0 Å². The van der Waals surface area contributed by atoms with Crippen molar-refractivity contribution in [3.8, 4) is 0 Å². The maximum Gasteiger partial charge on any atom is 0.128 e.